The first-order valence-electron chi connectivity index (χ1n) is 9.33. The van der Waals surface area contributed by atoms with Gasteiger partial charge < -0.3 is 14.8 Å². The van der Waals surface area contributed by atoms with Gasteiger partial charge in [-0.1, -0.05) is 42.5 Å². The van der Waals surface area contributed by atoms with Gasteiger partial charge in [-0.05, 0) is 49.0 Å². The van der Waals surface area contributed by atoms with E-state index in [1.54, 1.807) is 31.3 Å². The Hall–Kier alpha value is -3.45. The van der Waals surface area contributed by atoms with Gasteiger partial charge in [0.25, 0.3) is 0 Å². The number of carbonyl (C=O) groups excluding carboxylic acids is 1. The molecule has 0 saturated carbocycles. The van der Waals surface area contributed by atoms with Crippen molar-refractivity contribution in [3.05, 3.63) is 84.4 Å². The lowest BCUT2D eigenvalue weighted by Crippen LogP contribution is -2.29. The summed E-state index contributed by atoms with van der Waals surface area (Å²) in [6, 6.07) is 22.9. The molecule has 0 spiro atoms. The first kappa shape index (κ1) is 21.3. The predicted octanol–water partition coefficient (Wildman–Crippen LogP) is 5.15. The largest absolute Gasteiger partial charge is 0.455 e. The van der Waals surface area contributed by atoms with Crippen molar-refractivity contribution in [2.45, 2.75) is 13.2 Å². The number of ether oxygens (including phenoxy) is 2. The first-order valence-corrected chi connectivity index (χ1v) is 9.33. The molecule has 0 fully saturated rings. The molecule has 0 aliphatic carbocycles. The second-order valence-corrected chi connectivity index (χ2v) is 6.65. The van der Waals surface area contributed by atoms with Crippen molar-refractivity contribution in [1.82, 2.24) is 4.90 Å². The number of alkyl halides is 2. The number of nitrogens with zero attached hydrogens (tertiary/aromatic N) is 1. The van der Waals surface area contributed by atoms with Crippen molar-refractivity contribution >= 4 is 11.6 Å². The van der Waals surface area contributed by atoms with Gasteiger partial charge in [0.05, 0.1) is 12.2 Å². The number of para-hydroxylation sites is 3. The molecule has 0 bridgehead atoms. The van der Waals surface area contributed by atoms with Gasteiger partial charge in [0.1, 0.15) is 11.5 Å². The van der Waals surface area contributed by atoms with Crippen LogP contribution in [0.5, 0.6) is 17.2 Å². The Bertz CT molecular complexity index is 950. The molecule has 0 aromatic heterocycles. The van der Waals surface area contributed by atoms with Crippen LogP contribution in [-0.2, 0) is 11.3 Å². The molecule has 0 heterocycles. The maximum atomic E-state index is 12.5. The molecule has 3 rings (SSSR count). The molecule has 0 radical (unpaired) electrons. The number of anilines is 1. The minimum absolute atomic E-state index is 0.101. The molecule has 1 N–H and O–H groups in total. The molecule has 5 nitrogen and oxygen atoms in total. The number of rotatable bonds is 9. The van der Waals surface area contributed by atoms with Gasteiger partial charge in [0.15, 0.2) is 5.75 Å². The van der Waals surface area contributed by atoms with Crippen LogP contribution in [-0.4, -0.2) is 31.0 Å². The fourth-order valence-electron chi connectivity index (χ4n) is 2.85. The van der Waals surface area contributed by atoms with E-state index >= 15 is 0 Å². The molecule has 156 valence electrons. The van der Waals surface area contributed by atoms with E-state index in [4.69, 9.17) is 4.74 Å². The molecule has 0 saturated heterocycles. The van der Waals surface area contributed by atoms with Crippen molar-refractivity contribution in [2.75, 3.05) is 18.9 Å². The monoisotopic (exact) mass is 412 g/mol. The fraction of sp³-hybridized carbons (Fsp3) is 0.174. The second-order valence-electron chi connectivity index (χ2n) is 6.65. The lowest BCUT2D eigenvalue weighted by atomic mass is 10.2. The highest BCUT2D eigenvalue weighted by Crippen LogP contribution is 2.29. The summed E-state index contributed by atoms with van der Waals surface area (Å²) in [5.74, 6) is 1.13. The van der Waals surface area contributed by atoms with Crippen LogP contribution in [0.3, 0.4) is 0 Å². The van der Waals surface area contributed by atoms with E-state index in [1.165, 1.54) is 12.1 Å². The average Bonchev–Trinajstić information content (AvgIpc) is 2.71. The third-order valence-electron chi connectivity index (χ3n) is 4.15. The predicted molar refractivity (Wildman–Crippen MR) is 111 cm³/mol. The molecule has 7 heteroatoms. The van der Waals surface area contributed by atoms with Crippen LogP contribution in [0.4, 0.5) is 14.5 Å². The van der Waals surface area contributed by atoms with Crippen LogP contribution in [0, 0.1) is 0 Å². The van der Waals surface area contributed by atoms with E-state index < -0.39 is 6.61 Å². The Morgan fingerprint density at radius 1 is 0.933 bits per heavy atom. The molecule has 1 amide bonds. The fourth-order valence-corrected chi connectivity index (χ4v) is 2.85. The zero-order valence-electron chi connectivity index (χ0n) is 16.4. The lowest BCUT2D eigenvalue weighted by Gasteiger charge is -2.18. The van der Waals surface area contributed by atoms with Gasteiger partial charge in [0.2, 0.25) is 5.91 Å². The lowest BCUT2D eigenvalue weighted by molar-refractivity contribution is -0.117. The Morgan fingerprint density at radius 3 is 2.30 bits per heavy atom. The van der Waals surface area contributed by atoms with Crippen molar-refractivity contribution in [3.63, 3.8) is 0 Å². The van der Waals surface area contributed by atoms with Gasteiger partial charge in [-0.2, -0.15) is 8.78 Å². The van der Waals surface area contributed by atoms with E-state index in [9.17, 15) is 13.6 Å². The number of amides is 1. The summed E-state index contributed by atoms with van der Waals surface area (Å²) in [7, 11) is 1.80. The summed E-state index contributed by atoms with van der Waals surface area (Å²) in [4.78, 5) is 14.3. The smallest absolute Gasteiger partial charge is 0.387 e. The maximum Gasteiger partial charge on any atom is 0.387 e. The summed E-state index contributed by atoms with van der Waals surface area (Å²) in [5.41, 5.74) is 1.45. The van der Waals surface area contributed by atoms with E-state index in [2.05, 4.69) is 10.1 Å². The van der Waals surface area contributed by atoms with E-state index in [-0.39, 0.29) is 18.2 Å². The van der Waals surface area contributed by atoms with Crippen molar-refractivity contribution in [3.8, 4) is 17.2 Å². The molecule has 3 aromatic carbocycles. The number of carbonyl (C=O) groups is 1. The van der Waals surface area contributed by atoms with Crippen LogP contribution in [0.25, 0.3) is 0 Å². The Morgan fingerprint density at radius 2 is 1.60 bits per heavy atom. The van der Waals surface area contributed by atoms with Crippen LogP contribution in [0.2, 0.25) is 0 Å². The zero-order valence-corrected chi connectivity index (χ0v) is 16.4. The SMILES string of the molecule is CN(CC(=O)Nc1ccccc1Oc1ccccc1)Cc1ccc(OC(F)F)cc1. The Balaban J connectivity index is 1.55. The van der Waals surface area contributed by atoms with E-state index in [1.807, 2.05) is 47.4 Å². The number of likely N-dealkylation sites (N-methyl/N-ethyl adjacent to an activating group) is 1. The maximum absolute atomic E-state index is 12.5. The topological polar surface area (TPSA) is 50.8 Å². The molecule has 0 aliphatic heterocycles. The van der Waals surface area contributed by atoms with Crippen LogP contribution in [0.1, 0.15) is 5.56 Å². The normalized spacial score (nSPS) is 10.8. The summed E-state index contributed by atoms with van der Waals surface area (Å²) >= 11 is 0. The van der Waals surface area contributed by atoms with Gasteiger partial charge in [-0.15, -0.1) is 0 Å². The number of hydrogen-bond donors (Lipinski definition) is 1. The molecular weight excluding hydrogens is 390 g/mol. The summed E-state index contributed by atoms with van der Waals surface area (Å²) < 4.78 is 34.6. The van der Waals surface area contributed by atoms with Gasteiger partial charge in [-0.25, -0.2) is 0 Å². The average molecular weight is 412 g/mol. The molecular formula is C23H22F2N2O3. The van der Waals surface area contributed by atoms with Crippen molar-refractivity contribution in [2.24, 2.45) is 0 Å². The summed E-state index contributed by atoms with van der Waals surface area (Å²) in [6.45, 7) is -2.23. The van der Waals surface area contributed by atoms with Crippen molar-refractivity contribution < 1.29 is 23.0 Å². The highest BCUT2D eigenvalue weighted by atomic mass is 19.3. The number of halogens is 2. The minimum Gasteiger partial charge on any atom is -0.455 e. The molecule has 3 aromatic rings. The zero-order chi connectivity index (χ0) is 21.3. The Kier molecular flexibility index (Phi) is 7.34. The van der Waals surface area contributed by atoms with Gasteiger partial charge in [-0.3, -0.25) is 9.69 Å². The van der Waals surface area contributed by atoms with Crippen LogP contribution in [0.15, 0.2) is 78.9 Å². The minimum atomic E-state index is -2.85. The summed E-state index contributed by atoms with van der Waals surface area (Å²) in [5, 5.41) is 2.87. The van der Waals surface area contributed by atoms with Crippen LogP contribution < -0.4 is 14.8 Å². The summed E-state index contributed by atoms with van der Waals surface area (Å²) in [6.07, 6.45) is 0. The highest BCUT2D eigenvalue weighted by molar-refractivity contribution is 5.93. The van der Waals surface area contributed by atoms with Gasteiger partial charge in [0, 0.05) is 6.54 Å². The molecule has 0 unspecified atom stereocenters. The second kappa shape index (κ2) is 10.4. The Labute approximate surface area is 173 Å². The third kappa shape index (κ3) is 6.56. The quantitative estimate of drug-likeness (QED) is 0.528. The van der Waals surface area contributed by atoms with E-state index in [0.29, 0.717) is 23.7 Å². The number of hydrogen-bond acceptors (Lipinski definition) is 4. The van der Waals surface area contributed by atoms with Crippen LogP contribution >= 0.6 is 0 Å². The third-order valence-corrected chi connectivity index (χ3v) is 4.15. The van der Waals surface area contributed by atoms with Gasteiger partial charge >= 0.3 is 6.61 Å². The van der Waals surface area contributed by atoms with Crippen molar-refractivity contribution in [1.29, 1.82) is 0 Å². The molecule has 0 atom stereocenters. The standard InChI is InChI=1S/C23H22F2N2O3/c1-27(15-17-11-13-19(14-12-17)30-23(24)25)16-22(28)26-20-9-5-6-10-21(20)29-18-7-3-2-4-8-18/h2-14,23H,15-16H2,1H3,(H,26,28). The van der Waals surface area contributed by atoms with E-state index in [0.717, 1.165) is 5.56 Å². The number of nitrogens with one attached hydrogen (secondary N) is 1. The molecule has 30 heavy (non-hydrogen) atoms. The molecule has 0 aliphatic rings. The highest BCUT2D eigenvalue weighted by Gasteiger charge is 2.12. The number of benzene rings is 3. The first-order chi connectivity index (χ1) is 14.5.